The molecule has 3 rings (SSSR count). The van der Waals surface area contributed by atoms with Gasteiger partial charge in [-0.05, 0) is 41.8 Å². The summed E-state index contributed by atoms with van der Waals surface area (Å²) in [5.41, 5.74) is 3.28. The van der Waals surface area contributed by atoms with E-state index in [1.54, 1.807) is 0 Å². The molecule has 0 atom stereocenters. The molecule has 2 aromatic rings. The summed E-state index contributed by atoms with van der Waals surface area (Å²) in [6, 6.07) is 16.0. The first-order valence-electron chi connectivity index (χ1n) is 9.14. The second-order valence-electron chi connectivity index (χ2n) is 7.07. The zero-order valence-electron chi connectivity index (χ0n) is 15.4. The molecule has 138 valence electrons. The van der Waals surface area contributed by atoms with E-state index < -0.39 is 0 Å². The van der Waals surface area contributed by atoms with Crippen molar-refractivity contribution in [2.45, 2.75) is 19.8 Å². The molecule has 26 heavy (non-hydrogen) atoms. The highest BCUT2D eigenvalue weighted by Crippen LogP contribution is 2.21. The van der Waals surface area contributed by atoms with Crippen LogP contribution in [0.5, 0.6) is 0 Å². The van der Waals surface area contributed by atoms with E-state index in [2.05, 4.69) is 47.2 Å². The first kappa shape index (κ1) is 18.7. The summed E-state index contributed by atoms with van der Waals surface area (Å²) >= 11 is 6.08. The maximum absolute atomic E-state index is 12.3. The van der Waals surface area contributed by atoms with Crippen LogP contribution in [0.25, 0.3) is 0 Å². The second-order valence-corrected chi connectivity index (χ2v) is 7.50. The fraction of sp³-hybridized carbons (Fsp3) is 0.381. The number of halogens is 1. The summed E-state index contributed by atoms with van der Waals surface area (Å²) in [4.78, 5) is 16.8. The lowest BCUT2D eigenvalue weighted by atomic mass is 10.0. The fourth-order valence-corrected chi connectivity index (χ4v) is 3.38. The van der Waals surface area contributed by atoms with Crippen LogP contribution in [0.15, 0.2) is 48.5 Å². The van der Waals surface area contributed by atoms with Gasteiger partial charge in [0.05, 0.1) is 6.54 Å². The monoisotopic (exact) mass is 371 g/mol. The normalized spacial score (nSPS) is 15.3. The summed E-state index contributed by atoms with van der Waals surface area (Å²) in [6.07, 6.45) is 0. The first-order chi connectivity index (χ1) is 12.5. The van der Waals surface area contributed by atoms with Crippen LogP contribution < -0.4 is 10.2 Å². The average Bonchev–Trinajstić information content (AvgIpc) is 2.62. The highest BCUT2D eigenvalue weighted by Gasteiger charge is 2.19. The molecular weight excluding hydrogens is 346 g/mol. The zero-order valence-corrected chi connectivity index (χ0v) is 16.2. The lowest BCUT2D eigenvalue weighted by Crippen LogP contribution is -2.48. The Bertz CT molecular complexity index is 737. The van der Waals surface area contributed by atoms with Crippen LogP contribution in [0.1, 0.15) is 25.3 Å². The third-order valence-electron chi connectivity index (χ3n) is 4.77. The van der Waals surface area contributed by atoms with Crippen LogP contribution in [0, 0.1) is 0 Å². The van der Waals surface area contributed by atoms with E-state index in [1.165, 1.54) is 5.56 Å². The summed E-state index contributed by atoms with van der Waals surface area (Å²) < 4.78 is 0. The number of carbonyl (C=O) groups excluding carboxylic acids is 1. The van der Waals surface area contributed by atoms with E-state index >= 15 is 0 Å². The van der Waals surface area contributed by atoms with E-state index in [9.17, 15) is 4.79 Å². The van der Waals surface area contributed by atoms with Crippen molar-refractivity contribution in [1.29, 1.82) is 0 Å². The standard InChI is InChI=1S/C21H26ClN3O/c1-16(2)17-6-8-19(9-7-17)23-21(26)15-24-10-12-25(13-11-24)20-5-3-4-18(22)14-20/h3-9,14,16H,10-13,15H2,1-2H3,(H,23,26). The van der Waals surface area contributed by atoms with Crippen molar-refractivity contribution in [2.24, 2.45) is 0 Å². The number of piperazine rings is 1. The van der Waals surface area contributed by atoms with E-state index in [-0.39, 0.29) is 5.91 Å². The van der Waals surface area contributed by atoms with Gasteiger partial charge in [-0.15, -0.1) is 0 Å². The van der Waals surface area contributed by atoms with Crippen molar-refractivity contribution in [3.8, 4) is 0 Å². The van der Waals surface area contributed by atoms with Crippen molar-refractivity contribution in [3.05, 3.63) is 59.1 Å². The zero-order chi connectivity index (χ0) is 18.5. The molecule has 1 fully saturated rings. The van der Waals surface area contributed by atoms with Gasteiger partial charge in [0.2, 0.25) is 5.91 Å². The van der Waals surface area contributed by atoms with Crippen molar-refractivity contribution < 1.29 is 4.79 Å². The van der Waals surface area contributed by atoms with Gasteiger partial charge in [-0.25, -0.2) is 0 Å². The van der Waals surface area contributed by atoms with E-state index in [0.29, 0.717) is 12.5 Å². The van der Waals surface area contributed by atoms with E-state index in [0.717, 1.165) is 42.6 Å². The molecule has 0 saturated carbocycles. The largest absolute Gasteiger partial charge is 0.369 e. The lowest BCUT2D eigenvalue weighted by Gasteiger charge is -2.35. The summed E-state index contributed by atoms with van der Waals surface area (Å²) in [7, 11) is 0. The number of hydrogen-bond acceptors (Lipinski definition) is 3. The Labute approximate surface area is 160 Å². The number of nitrogens with one attached hydrogen (secondary N) is 1. The minimum absolute atomic E-state index is 0.0403. The number of anilines is 2. The molecule has 1 N–H and O–H groups in total. The minimum Gasteiger partial charge on any atom is -0.369 e. The number of benzene rings is 2. The molecule has 1 aliphatic heterocycles. The summed E-state index contributed by atoms with van der Waals surface area (Å²) in [6.45, 7) is 8.29. The molecule has 0 aliphatic carbocycles. The molecule has 0 spiro atoms. The minimum atomic E-state index is 0.0403. The van der Waals surface area contributed by atoms with Gasteiger partial charge in [-0.2, -0.15) is 0 Å². The van der Waals surface area contributed by atoms with Gasteiger partial charge in [0.25, 0.3) is 0 Å². The van der Waals surface area contributed by atoms with Gasteiger partial charge in [0.1, 0.15) is 0 Å². The maximum Gasteiger partial charge on any atom is 0.238 e. The highest BCUT2D eigenvalue weighted by atomic mass is 35.5. The molecular formula is C21H26ClN3O. The third kappa shape index (κ3) is 4.99. The maximum atomic E-state index is 12.3. The Morgan fingerprint density at radius 3 is 2.38 bits per heavy atom. The Morgan fingerprint density at radius 1 is 1.08 bits per heavy atom. The number of nitrogens with zero attached hydrogens (tertiary/aromatic N) is 2. The third-order valence-corrected chi connectivity index (χ3v) is 5.01. The number of carbonyl (C=O) groups is 1. The Hall–Kier alpha value is -2.04. The topological polar surface area (TPSA) is 35.6 Å². The van der Waals surface area contributed by atoms with Crippen LogP contribution in [-0.4, -0.2) is 43.5 Å². The molecule has 0 unspecified atom stereocenters. The van der Waals surface area contributed by atoms with Crippen molar-refractivity contribution in [2.75, 3.05) is 42.9 Å². The summed E-state index contributed by atoms with van der Waals surface area (Å²) in [5.74, 6) is 0.536. The lowest BCUT2D eigenvalue weighted by molar-refractivity contribution is -0.117. The predicted molar refractivity (Wildman–Crippen MR) is 109 cm³/mol. The van der Waals surface area contributed by atoms with Crippen LogP contribution in [0.3, 0.4) is 0 Å². The van der Waals surface area contributed by atoms with Crippen LogP contribution in [0.4, 0.5) is 11.4 Å². The van der Waals surface area contributed by atoms with Crippen LogP contribution >= 0.6 is 11.6 Å². The molecule has 4 nitrogen and oxygen atoms in total. The Balaban J connectivity index is 1.47. The molecule has 1 aliphatic rings. The molecule has 2 aromatic carbocycles. The fourth-order valence-electron chi connectivity index (χ4n) is 3.19. The van der Waals surface area contributed by atoms with Gasteiger partial charge < -0.3 is 10.2 Å². The number of rotatable bonds is 5. The van der Waals surface area contributed by atoms with Crippen molar-refractivity contribution in [1.82, 2.24) is 4.90 Å². The number of hydrogen-bond donors (Lipinski definition) is 1. The van der Waals surface area contributed by atoms with Crippen molar-refractivity contribution >= 4 is 28.9 Å². The van der Waals surface area contributed by atoms with Gasteiger partial charge >= 0.3 is 0 Å². The molecule has 0 radical (unpaired) electrons. The SMILES string of the molecule is CC(C)c1ccc(NC(=O)CN2CCN(c3cccc(Cl)c3)CC2)cc1. The Kier molecular flexibility index (Phi) is 6.17. The van der Waals surface area contributed by atoms with Gasteiger partial charge in [-0.3, -0.25) is 9.69 Å². The smallest absolute Gasteiger partial charge is 0.238 e. The molecule has 1 heterocycles. The molecule has 1 amide bonds. The van der Waals surface area contributed by atoms with Crippen LogP contribution in [-0.2, 0) is 4.79 Å². The van der Waals surface area contributed by atoms with Crippen molar-refractivity contribution in [3.63, 3.8) is 0 Å². The molecule has 0 aromatic heterocycles. The molecule has 0 bridgehead atoms. The highest BCUT2D eigenvalue weighted by molar-refractivity contribution is 6.30. The number of amides is 1. The predicted octanol–water partition coefficient (Wildman–Crippen LogP) is 4.22. The Morgan fingerprint density at radius 2 is 1.77 bits per heavy atom. The molecule has 5 heteroatoms. The second kappa shape index (κ2) is 8.56. The average molecular weight is 372 g/mol. The quantitative estimate of drug-likeness (QED) is 0.854. The van der Waals surface area contributed by atoms with Gasteiger partial charge in [0, 0.05) is 42.6 Å². The van der Waals surface area contributed by atoms with E-state index in [4.69, 9.17) is 11.6 Å². The van der Waals surface area contributed by atoms with Crippen LogP contribution in [0.2, 0.25) is 5.02 Å². The van der Waals surface area contributed by atoms with Gasteiger partial charge in [-0.1, -0.05) is 43.6 Å². The molecule has 1 saturated heterocycles. The van der Waals surface area contributed by atoms with E-state index in [1.807, 2.05) is 30.3 Å². The van der Waals surface area contributed by atoms with Gasteiger partial charge in [0.15, 0.2) is 0 Å². The first-order valence-corrected chi connectivity index (χ1v) is 9.52. The summed E-state index contributed by atoms with van der Waals surface area (Å²) in [5, 5.41) is 3.75.